The summed E-state index contributed by atoms with van der Waals surface area (Å²) >= 11 is 0. The maximum Gasteiger partial charge on any atom is 0.208 e. The minimum atomic E-state index is -3.12. The number of anilines is 2. The normalized spacial score (nSPS) is 10.9. The Morgan fingerprint density at radius 3 is 2.74 bits per heavy atom. The number of nitrogens with zero attached hydrogens (tertiary/aromatic N) is 1. The Balaban J connectivity index is 2.42. The van der Waals surface area contributed by atoms with Crippen LogP contribution in [0.1, 0.15) is 12.0 Å². The Labute approximate surface area is 113 Å². The number of nitriles is 1. The molecule has 0 aromatic heterocycles. The van der Waals surface area contributed by atoms with E-state index >= 15 is 0 Å². The number of sulfonamides is 1. The molecule has 0 aliphatic rings. The molecule has 4 N–H and O–H groups in total. The van der Waals surface area contributed by atoms with Crippen LogP contribution in [0.3, 0.4) is 0 Å². The van der Waals surface area contributed by atoms with Crippen LogP contribution in [0.4, 0.5) is 11.4 Å². The van der Waals surface area contributed by atoms with E-state index in [0.717, 1.165) is 17.5 Å². The van der Waals surface area contributed by atoms with Crippen LogP contribution in [-0.2, 0) is 16.4 Å². The first-order chi connectivity index (χ1) is 8.92. The predicted octanol–water partition coefficient (Wildman–Crippen LogP) is 0.686. The summed E-state index contributed by atoms with van der Waals surface area (Å²) in [6.45, 7) is 1.03. The number of hydrogen-bond acceptors (Lipinski definition) is 5. The third kappa shape index (κ3) is 6.08. The summed E-state index contributed by atoms with van der Waals surface area (Å²) in [4.78, 5) is 0. The van der Waals surface area contributed by atoms with Gasteiger partial charge in [0.25, 0.3) is 0 Å². The first kappa shape index (κ1) is 15.3. The van der Waals surface area contributed by atoms with Gasteiger partial charge in [0.05, 0.1) is 18.7 Å². The second-order valence-corrected chi connectivity index (χ2v) is 6.03. The maximum absolute atomic E-state index is 10.8. The number of hydrogen-bond donors (Lipinski definition) is 3. The van der Waals surface area contributed by atoms with Gasteiger partial charge >= 0.3 is 0 Å². The van der Waals surface area contributed by atoms with Crippen molar-refractivity contribution in [3.05, 3.63) is 23.8 Å². The van der Waals surface area contributed by atoms with Crippen molar-refractivity contribution in [3.63, 3.8) is 0 Å². The van der Waals surface area contributed by atoms with Gasteiger partial charge in [-0.2, -0.15) is 5.26 Å². The SMILES string of the molecule is CS(=O)(=O)NCCCNc1ccc(N)c(CC#N)c1. The molecule has 1 rings (SSSR count). The molecule has 0 amide bonds. The van der Waals surface area contributed by atoms with Crippen LogP contribution in [0.2, 0.25) is 0 Å². The zero-order valence-electron chi connectivity index (χ0n) is 10.8. The predicted molar refractivity (Wildman–Crippen MR) is 76.1 cm³/mol. The van der Waals surface area contributed by atoms with Crippen molar-refractivity contribution < 1.29 is 8.42 Å². The van der Waals surface area contributed by atoms with Gasteiger partial charge < -0.3 is 11.1 Å². The molecule has 1 aromatic rings. The van der Waals surface area contributed by atoms with Gasteiger partial charge in [0, 0.05) is 24.5 Å². The summed E-state index contributed by atoms with van der Waals surface area (Å²) < 4.78 is 24.1. The Bertz CT molecular complexity index is 564. The molecule has 104 valence electrons. The van der Waals surface area contributed by atoms with Crippen molar-refractivity contribution in [2.45, 2.75) is 12.8 Å². The molecule has 1 aromatic carbocycles. The molecule has 0 radical (unpaired) electrons. The standard InChI is InChI=1S/C12H18N4O2S/c1-19(17,18)16-8-2-7-15-11-3-4-12(14)10(9-11)5-6-13/h3-4,9,15-16H,2,5,7-8,14H2,1H3. The molecule has 0 saturated heterocycles. The molecule has 0 saturated carbocycles. The van der Waals surface area contributed by atoms with Crippen LogP contribution in [-0.4, -0.2) is 27.8 Å². The van der Waals surface area contributed by atoms with E-state index in [9.17, 15) is 8.42 Å². The topological polar surface area (TPSA) is 108 Å². The quantitative estimate of drug-likeness (QED) is 0.503. The first-order valence-electron chi connectivity index (χ1n) is 5.86. The summed E-state index contributed by atoms with van der Waals surface area (Å²) in [6, 6.07) is 7.48. The van der Waals surface area contributed by atoms with Crippen molar-refractivity contribution in [2.75, 3.05) is 30.4 Å². The lowest BCUT2D eigenvalue weighted by atomic mass is 10.1. The molecule has 0 aliphatic carbocycles. The van der Waals surface area contributed by atoms with Gasteiger partial charge in [-0.3, -0.25) is 0 Å². The Morgan fingerprint density at radius 1 is 1.37 bits per heavy atom. The molecule has 6 nitrogen and oxygen atoms in total. The van der Waals surface area contributed by atoms with E-state index in [1.54, 1.807) is 6.07 Å². The van der Waals surface area contributed by atoms with Crippen molar-refractivity contribution in [2.24, 2.45) is 0 Å². The van der Waals surface area contributed by atoms with Gasteiger partial charge in [-0.05, 0) is 30.2 Å². The smallest absolute Gasteiger partial charge is 0.208 e. The molecule has 0 bridgehead atoms. The average Bonchev–Trinajstić information content (AvgIpc) is 2.31. The van der Waals surface area contributed by atoms with Crippen LogP contribution < -0.4 is 15.8 Å². The second kappa shape index (κ2) is 6.97. The van der Waals surface area contributed by atoms with E-state index in [2.05, 4.69) is 16.1 Å². The molecule has 0 unspecified atom stereocenters. The number of benzene rings is 1. The fraction of sp³-hybridized carbons (Fsp3) is 0.417. The van der Waals surface area contributed by atoms with Gasteiger partial charge in [0.15, 0.2) is 0 Å². The summed E-state index contributed by atoms with van der Waals surface area (Å²) in [5.41, 5.74) is 8.01. The zero-order valence-corrected chi connectivity index (χ0v) is 11.6. The number of nitrogens with two attached hydrogens (primary N) is 1. The van der Waals surface area contributed by atoms with E-state index in [4.69, 9.17) is 11.0 Å². The van der Waals surface area contributed by atoms with Gasteiger partial charge in [0.1, 0.15) is 0 Å². The first-order valence-corrected chi connectivity index (χ1v) is 7.75. The zero-order chi connectivity index (χ0) is 14.3. The van der Waals surface area contributed by atoms with E-state index < -0.39 is 10.0 Å². The lowest BCUT2D eigenvalue weighted by molar-refractivity contribution is 0.586. The third-order valence-corrected chi connectivity index (χ3v) is 3.19. The van der Waals surface area contributed by atoms with Crippen LogP contribution in [0, 0.1) is 11.3 Å². The maximum atomic E-state index is 10.8. The third-order valence-electron chi connectivity index (χ3n) is 2.46. The lowest BCUT2D eigenvalue weighted by Gasteiger charge is -2.09. The molecule has 19 heavy (non-hydrogen) atoms. The monoisotopic (exact) mass is 282 g/mol. The van der Waals surface area contributed by atoms with Crippen LogP contribution in [0.5, 0.6) is 0 Å². The molecular weight excluding hydrogens is 264 g/mol. The van der Waals surface area contributed by atoms with E-state index in [0.29, 0.717) is 25.2 Å². The highest BCUT2D eigenvalue weighted by atomic mass is 32.2. The van der Waals surface area contributed by atoms with Crippen molar-refractivity contribution in [3.8, 4) is 6.07 Å². The summed E-state index contributed by atoms with van der Waals surface area (Å²) in [5, 5.41) is 11.8. The second-order valence-electron chi connectivity index (χ2n) is 4.20. The fourth-order valence-corrected chi connectivity index (χ4v) is 2.05. The molecule has 0 atom stereocenters. The molecule has 7 heteroatoms. The molecular formula is C12H18N4O2S. The van der Waals surface area contributed by atoms with Crippen LogP contribution in [0.25, 0.3) is 0 Å². The van der Waals surface area contributed by atoms with E-state index in [1.165, 1.54) is 0 Å². The molecule has 0 spiro atoms. The number of rotatable bonds is 7. The average molecular weight is 282 g/mol. The minimum absolute atomic E-state index is 0.275. The Morgan fingerprint density at radius 2 is 2.11 bits per heavy atom. The highest BCUT2D eigenvalue weighted by molar-refractivity contribution is 7.88. The fourth-order valence-electron chi connectivity index (χ4n) is 1.53. The summed E-state index contributed by atoms with van der Waals surface area (Å²) in [6.07, 6.45) is 2.08. The number of nitrogens with one attached hydrogen (secondary N) is 2. The van der Waals surface area contributed by atoms with E-state index in [1.807, 2.05) is 12.1 Å². The molecule has 0 aliphatic heterocycles. The van der Waals surface area contributed by atoms with E-state index in [-0.39, 0.29) is 6.42 Å². The molecule has 0 fully saturated rings. The van der Waals surface area contributed by atoms with Crippen molar-refractivity contribution >= 4 is 21.4 Å². The van der Waals surface area contributed by atoms with Gasteiger partial charge in [0.2, 0.25) is 10.0 Å². The largest absolute Gasteiger partial charge is 0.398 e. The van der Waals surface area contributed by atoms with Crippen LogP contribution in [0.15, 0.2) is 18.2 Å². The van der Waals surface area contributed by atoms with Crippen molar-refractivity contribution in [1.82, 2.24) is 4.72 Å². The Kier molecular flexibility index (Phi) is 5.60. The Hall–Kier alpha value is -1.78. The molecule has 0 heterocycles. The van der Waals surface area contributed by atoms with Gasteiger partial charge in [-0.15, -0.1) is 0 Å². The van der Waals surface area contributed by atoms with Crippen molar-refractivity contribution in [1.29, 1.82) is 5.26 Å². The summed E-state index contributed by atoms with van der Waals surface area (Å²) in [7, 11) is -3.12. The van der Waals surface area contributed by atoms with Crippen LogP contribution >= 0.6 is 0 Å². The number of nitrogen functional groups attached to an aromatic ring is 1. The highest BCUT2D eigenvalue weighted by Gasteiger charge is 2.01. The van der Waals surface area contributed by atoms with Gasteiger partial charge in [-0.25, -0.2) is 13.1 Å². The highest BCUT2D eigenvalue weighted by Crippen LogP contribution is 2.18. The summed E-state index contributed by atoms with van der Waals surface area (Å²) in [5.74, 6) is 0. The van der Waals surface area contributed by atoms with Gasteiger partial charge in [-0.1, -0.05) is 0 Å². The lowest BCUT2D eigenvalue weighted by Crippen LogP contribution is -2.24. The minimum Gasteiger partial charge on any atom is -0.398 e.